The van der Waals surface area contributed by atoms with Crippen molar-refractivity contribution in [2.75, 3.05) is 25.1 Å². The third kappa shape index (κ3) is 4.18. The van der Waals surface area contributed by atoms with Crippen LogP contribution in [0.4, 0.5) is 10.1 Å². The second-order valence-electron chi connectivity index (χ2n) is 4.89. The molecule has 2 rings (SSSR count). The van der Waals surface area contributed by atoms with E-state index in [0.29, 0.717) is 23.4 Å². The lowest BCUT2D eigenvalue weighted by Gasteiger charge is -2.23. The van der Waals surface area contributed by atoms with Crippen LogP contribution in [-0.4, -0.2) is 31.7 Å². The number of anilines is 1. The zero-order valence-corrected chi connectivity index (χ0v) is 12.9. The molecular weight excluding hydrogens is 327 g/mol. The van der Waals surface area contributed by atoms with Crippen LogP contribution in [0.2, 0.25) is 0 Å². The fraction of sp³-hybridized carbons (Fsp3) is 0.500. The summed E-state index contributed by atoms with van der Waals surface area (Å²) in [6.07, 6.45) is 1.69. The molecule has 0 saturated carbocycles. The molecular formula is C14H18BrFN2O2. The molecule has 20 heavy (non-hydrogen) atoms. The van der Waals surface area contributed by atoms with Gasteiger partial charge in [-0.1, -0.05) is 0 Å². The van der Waals surface area contributed by atoms with Crippen LogP contribution in [-0.2, 0) is 9.53 Å². The molecule has 0 radical (unpaired) electrons. The minimum atomic E-state index is -0.345. The van der Waals surface area contributed by atoms with E-state index in [2.05, 4.69) is 26.6 Å². The highest BCUT2D eigenvalue weighted by Gasteiger charge is 2.16. The Morgan fingerprint density at radius 2 is 2.15 bits per heavy atom. The average molecular weight is 345 g/mol. The molecule has 1 fully saturated rings. The molecule has 1 aliphatic rings. The van der Waals surface area contributed by atoms with Crippen molar-refractivity contribution in [3.63, 3.8) is 0 Å². The third-order valence-electron chi connectivity index (χ3n) is 3.29. The molecule has 1 saturated heterocycles. The molecule has 1 aliphatic heterocycles. The fourth-order valence-electron chi connectivity index (χ4n) is 2.13. The fourth-order valence-corrected chi connectivity index (χ4v) is 2.59. The number of carbonyl (C=O) groups is 1. The smallest absolute Gasteiger partial charge is 0.239 e. The predicted molar refractivity (Wildman–Crippen MR) is 79.3 cm³/mol. The highest BCUT2D eigenvalue weighted by Crippen LogP contribution is 2.23. The van der Waals surface area contributed by atoms with E-state index in [4.69, 9.17) is 4.74 Å². The van der Waals surface area contributed by atoms with Gasteiger partial charge in [-0.3, -0.25) is 4.79 Å². The van der Waals surface area contributed by atoms with Crippen LogP contribution < -0.4 is 10.6 Å². The first-order chi connectivity index (χ1) is 9.56. The molecule has 1 heterocycles. The number of hydrogen-bond donors (Lipinski definition) is 2. The van der Waals surface area contributed by atoms with Gasteiger partial charge in [-0.2, -0.15) is 0 Å². The zero-order chi connectivity index (χ0) is 14.5. The molecule has 1 amide bonds. The largest absolute Gasteiger partial charge is 0.381 e. The number of ether oxygens (including phenoxy) is 1. The number of carbonyl (C=O) groups excluding carboxylic acids is 1. The first-order valence-electron chi connectivity index (χ1n) is 6.63. The molecule has 0 spiro atoms. The van der Waals surface area contributed by atoms with Crippen LogP contribution in [0.25, 0.3) is 0 Å². The van der Waals surface area contributed by atoms with Crippen molar-refractivity contribution in [2.45, 2.75) is 25.8 Å². The van der Waals surface area contributed by atoms with Crippen molar-refractivity contribution in [3.8, 4) is 0 Å². The number of nitrogens with one attached hydrogen (secondary N) is 2. The zero-order valence-electron chi connectivity index (χ0n) is 11.3. The topological polar surface area (TPSA) is 50.4 Å². The first-order valence-corrected chi connectivity index (χ1v) is 7.42. The Kier molecular flexibility index (Phi) is 5.37. The standard InChI is InChI=1S/C14H18BrFN2O2/c1-9-6-11(15)12(16)7-13(9)17-8-14(19)18-10-2-4-20-5-3-10/h6-7,10,17H,2-5,8H2,1H3,(H,18,19). The molecule has 1 aromatic carbocycles. The molecule has 6 heteroatoms. The van der Waals surface area contributed by atoms with Crippen molar-refractivity contribution in [1.29, 1.82) is 0 Å². The molecule has 0 unspecified atom stereocenters. The Balaban J connectivity index is 1.85. The lowest BCUT2D eigenvalue weighted by Crippen LogP contribution is -2.41. The summed E-state index contributed by atoms with van der Waals surface area (Å²) in [6.45, 7) is 3.38. The van der Waals surface area contributed by atoms with E-state index in [-0.39, 0.29) is 24.3 Å². The van der Waals surface area contributed by atoms with Gasteiger partial charge in [-0.25, -0.2) is 4.39 Å². The van der Waals surface area contributed by atoms with Crippen LogP contribution in [0.1, 0.15) is 18.4 Å². The van der Waals surface area contributed by atoms with Crippen molar-refractivity contribution < 1.29 is 13.9 Å². The highest BCUT2D eigenvalue weighted by molar-refractivity contribution is 9.10. The summed E-state index contributed by atoms with van der Waals surface area (Å²) in [6, 6.07) is 3.26. The van der Waals surface area contributed by atoms with Gasteiger partial charge in [0, 0.05) is 24.9 Å². The normalized spacial score (nSPS) is 15.9. The molecule has 0 aromatic heterocycles. The van der Waals surface area contributed by atoms with Crippen LogP contribution in [0.5, 0.6) is 0 Å². The SMILES string of the molecule is Cc1cc(Br)c(F)cc1NCC(=O)NC1CCOCC1. The highest BCUT2D eigenvalue weighted by atomic mass is 79.9. The van der Waals surface area contributed by atoms with E-state index < -0.39 is 0 Å². The van der Waals surface area contributed by atoms with E-state index in [1.54, 1.807) is 6.07 Å². The van der Waals surface area contributed by atoms with Gasteiger partial charge >= 0.3 is 0 Å². The Labute approximate surface area is 126 Å². The van der Waals surface area contributed by atoms with E-state index in [1.807, 2.05) is 6.92 Å². The number of halogens is 2. The minimum Gasteiger partial charge on any atom is -0.381 e. The van der Waals surface area contributed by atoms with Crippen molar-refractivity contribution >= 4 is 27.5 Å². The molecule has 110 valence electrons. The van der Waals surface area contributed by atoms with Crippen LogP contribution in [0, 0.1) is 12.7 Å². The summed E-state index contributed by atoms with van der Waals surface area (Å²) in [4.78, 5) is 11.8. The van der Waals surface area contributed by atoms with Crippen LogP contribution >= 0.6 is 15.9 Å². The minimum absolute atomic E-state index is 0.0837. The van der Waals surface area contributed by atoms with Crippen LogP contribution in [0.15, 0.2) is 16.6 Å². The second kappa shape index (κ2) is 7.04. The number of aryl methyl sites for hydroxylation is 1. The Bertz CT molecular complexity index is 490. The average Bonchev–Trinajstić information content (AvgIpc) is 2.42. The van der Waals surface area contributed by atoms with Gasteiger partial charge in [0.2, 0.25) is 5.91 Å². The maximum Gasteiger partial charge on any atom is 0.239 e. The summed E-state index contributed by atoms with van der Waals surface area (Å²) >= 11 is 3.13. The van der Waals surface area contributed by atoms with Crippen molar-refractivity contribution in [3.05, 3.63) is 28.0 Å². The van der Waals surface area contributed by atoms with Gasteiger partial charge in [-0.05, 0) is 53.4 Å². The number of hydrogen-bond acceptors (Lipinski definition) is 3. The van der Waals surface area contributed by atoms with E-state index in [9.17, 15) is 9.18 Å². The molecule has 0 bridgehead atoms. The van der Waals surface area contributed by atoms with E-state index in [0.717, 1.165) is 18.4 Å². The maximum absolute atomic E-state index is 13.5. The van der Waals surface area contributed by atoms with Crippen molar-refractivity contribution in [2.24, 2.45) is 0 Å². The Morgan fingerprint density at radius 1 is 1.45 bits per heavy atom. The summed E-state index contributed by atoms with van der Waals surface area (Å²) in [5.41, 5.74) is 1.52. The van der Waals surface area contributed by atoms with Gasteiger partial charge in [-0.15, -0.1) is 0 Å². The summed E-state index contributed by atoms with van der Waals surface area (Å²) in [7, 11) is 0. The summed E-state index contributed by atoms with van der Waals surface area (Å²) in [5, 5.41) is 5.92. The third-order valence-corrected chi connectivity index (χ3v) is 3.90. The number of benzene rings is 1. The molecule has 2 N–H and O–H groups in total. The summed E-state index contributed by atoms with van der Waals surface area (Å²) in [5.74, 6) is -0.428. The molecule has 0 aliphatic carbocycles. The molecule has 0 atom stereocenters. The van der Waals surface area contributed by atoms with Gasteiger partial charge in [0.05, 0.1) is 11.0 Å². The maximum atomic E-state index is 13.5. The number of rotatable bonds is 4. The predicted octanol–water partition coefficient (Wildman–Crippen LogP) is 2.60. The first kappa shape index (κ1) is 15.3. The quantitative estimate of drug-likeness (QED) is 0.882. The van der Waals surface area contributed by atoms with Crippen LogP contribution in [0.3, 0.4) is 0 Å². The van der Waals surface area contributed by atoms with Gasteiger partial charge in [0.1, 0.15) is 5.82 Å². The molecule has 4 nitrogen and oxygen atoms in total. The second-order valence-corrected chi connectivity index (χ2v) is 5.74. The lowest BCUT2D eigenvalue weighted by atomic mass is 10.1. The monoisotopic (exact) mass is 344 g/mol. The Hall–Kier alpha value is -1.14. The van der Waals surface area contributed by atoms with E-state index in [1.165, 1.54) is 6.07 Å². The number of amides is 1. The molecule has 1 aromatic rings. The Morgan fingerprint density at radius 3 is 2.85 bits per heavy atom. The van der Waals surface area contributed by atoms with Gasteiger partial charge < -0.3 is 15.4 Å². The lowest BCUT2D eigenvalue weighted by molar-refractivity contribution is -0.120. The van der Waals surface area contributed by atoms with E-state index >= 15 is 0 Å². The van der Waals surface area contributed by atoms with Gasteiger partial charge in [0.15, 0.2) is 0 Å². The summed E-state index contributed by atoms with van der Waals surface area (Å²) < 4.78 is 19.1. The van der Waals surface area contributed by atoms with Crippen molar-refractivity contribution in [1.82, 2.24) is 5.32 Å². The van der Waals surface area contributed by atoms with Gasteiger partial charge in [0.25, 0.3) is 0 Å².